The van der Waals surface area contributed by atoms with Gasteiger partial charge in [-0.1, -0.05) is 33.1 Å². The van der Waals surface area contributed by atoms with E-state index in [0.29, 0.717) is 4.59 Å². The summed E-state index contributed by atoms with van der Waals surface area (Å²) in [6, 6.07) is 0. The van der Waals surface area contributed by atoms with Crippen molar-refractivity contribution in [1.82, 2.24) is 5.53 Å². The molecular formula is C11H28N3+. The zero-order valence-electron chi connectivity index (χ0n) is 10.3. The molecule has 3 N–H and O–H groups in total. The number of nitrogens with one attached hydrogen (secondary N) is 1. The van der Waals surface area contributed by atoms with Crippen molar-refractivity contribution in [2.24, 2.45) is 11.8 Å². The van der Waals surface area contributed by atoms with Gasteiger partial charge < -0.3 is 0 Å². The Morgan fingerprint density at radius 1 is 1.14 bits per heavy atom. The molecule has 0 aromatic rings. The third-order valence-electron chi connectivity index (χ3n) is 3.08. The topological polar surface area (TPSA) is 38.0 Å². The minimum Gasteiger partial charge on any atom is -0.237 e. The predicted octanol–water partition coefficient (Wildman–Crippen LogP) is 2.05. The van der Waals surface area contributed by atoms with Crippen molar-refractivity contribution < 1.29 is 4.59 Å². The summed E-state index contributed by atoms with van der Waals surface area (Å²) in [4.78, 5) is 0. The molecule has 0 spiro atoms. The average molecular weight is 203 g/mol. The van der Waals surface area contributed by atoms with Gasteiger partial charge in [0.2, 0.25) is 0 Å². The van der Waals surface area contributed by atoms with Crippen molar-refractivity contribution in [3.63, 3.8) is 0 Å². The molecule has 3 nitrogen and oxygen atoms in total. The van der Waals surface area contributed by atoms with Crippen LogP contribution >= 0.6 is 0 Å². The van der Waals surface area contributed by atoms with E-state index in [-0.39, 0.29) is 0 Å². The van der Waals surface area contributed by atoms with Gasteiger partial charge in [0.25, 0.3) is 0 Å². The summed E-state index contributed by atoms with van der Waals surface area (Å²) in [5.41, 5.74) is 2.79. The third-order valence-corrected chi connectivity index (χ3v) is 3.08. The zero-order chi connectivity index (χ0) is 11.0. The average Bonchev–Trinajstić information content (AvgIpc) is 2.18. The fraction of sp³-hybridized carbons (Fsp3) is 1.00. The first-order valence-electron chi connectivity index (χ1n) is 5.86. The molecule has 0 aromatic carbocycles. The maximum Gasteiger partial charge on any atom is 0.0969 e. The molecule has 0 heterocycles. The number of nitrogens with two attached hydrogens (primary N) is 1. The van der Waals surface area contributed by atoms with Crippen molar-refractivity contribution in [2.45, 2.75) is 46.0 Å². The lowest BCUT2D eigenvalue weighted by Gasteiger charge is -2.26. The zero-order valence-corrected chi connectivity index (χ0v) is 10.3. The van der Waals surface area contributed by atoms with Crippen LogP contribution in [0.4, 0.5) is 0 Å². The second-order valence-electron chi connectivity index (χ2n) is 4.72. The number of hydrogen-bond acceptors (Lipinski definition) is 2. The van der Waals surface area contributed by atoms with Crippen molar-refractivity contribution in [2.75, 3.05) is 20.6 Å². The normalized spacial score (nSPS) is 12.4. The summed E-state index contributed by atoms with van der Waals surface area (Å²) in [6.45, 7) is 5.68. The predicted molar refractivity (Wildman–Crippen MR) is 62.2 cm³/mol. The van der Waals surface area contributed by atoms with E-state index in [1.807, 2.05) is 0 Å². The number of hydrazine groups is 1. The van der Waals surface area contributed by atoms with Gasteiger partial charge >= 0.3 is 0 Å². The highest BCUT2D eigenvalue weighted by Crippen LogP contribution is 2.16. The highest BCUT2D eigenvalue weighted by molar-refractivity contribution is 4.54. The van der Waals surface area contributed by atoms with Crippen LogP contribution in [0, 0.1) is 5.92 Å². The SMILES string of the molecule is CCC(CC)CCCC[15N+](C)(C)NN. The molecule has 0 radical (unpaired) electrons. The van der Waals surface area contributed by atoms with E-state index in [1.54, 1.807) is 0 Å². The van der Waals surface area contributed by atoms with Crippen molar-refractivity contribution in [1.29, 1.82) is 0 Å². The number of unbranched alkanes of at least 4 members (excludes halogenated alkanes) is 1. The molecule has 0 saturated carbocycles. The van der Waals surface area contributed by atoms with Crippen LogP contribution in [0.2, 0.25) is 0 Å². The Balaban J connectivity index is 3.45. The number of quaternary nitrogens is 1. The highest BCUT2D eigenvalue weighted by atomic mass is 16.3. The van der Waals surface area contributed by atoms with Crippen LogP contribution in [0.3, 0.4) is 0 Å². The maximum absolute atomic E-state index is 5.42. The van der Waals surface area contributed by atoms with Gasteiger partial charge in [-0.3, -0.25) is 0 Å². The van der Waals surface area contributed by atoms with E-state index in [0.717, 1.165) is 12.5 Å². The van der Waals surface area contributed by atoms with E-state index in [1.165, 1.54) is 32.1 Å². The van der Waals surface area contributed by atoms with Crippen molar-refractivity contribution in [3.8, 4) is 0 Å². The molecule has 0 aliphatic rings. The van der Waals surface area contributed by atoms with Crippen LogP contribution in [0.15, 0.2) is 0 Å². The smallest absolute Gasteiger partial charge is 0.0969 e. The summed E-state index contributed by atoms with van der Waals surface area (Å²) in [7, 11) is 4.19. The van der Waals surface area contributed by atoms with Gasteiger partial charge in [0.15, 0.2) is 0 Å². The summed E-state index contributed by atoms with van der Waals surface area (Å²) in [5, 5.41) is 0. The van der Waals surface area contributed by atoms with Gasteiger partial charge in [0.05, 0.1) is 20.6 Å². The molecule has 0 aliphatic carbocycles. The van der Waals surface area contributed by atoms with Crippen LogP contribution in [0.5, 0.6) is 0 Å². The highest BCUT2D eigenvalue weighted by Gasteiger charge is 2.12. The molecule has 0 fully saturated rings. The molecule has 0 amide bonds. The summed E-state index contributed by atoms with van der Waals surface area (Å²) in [5.74, 6) is 6.35. The third kappa shape index (κ3) is 6.35. The number of nitrogens with zero attached hydrogens (tertiary/aromatic N) is 1. The van der Waals surface area contributed by atoms with Gasteiger partial charge in [-0.25, -0.2) is 10.4 Å². The lowest BCUT2D eigenvalue weighted by molar-refractivity contribution is -0.935. The summed E-state index contributed by atoms with van der Waals surface area (Å²) >= 11 is 0. The maximum atomic E-state index is 5.42. The molecule has 0 atom stereocenters. The fourth-order valence-corrected chi connectivity index (χ4v) is 1.70. The van der Waals surface area contributed by atoms with Crippen molar-refractivity contribution >= 4 is 0 Å². The molecular weight excluding hydrogens is 175 g/mol. The molecule has 0 saturated heterocycles. The van der Waals surface area contributed by atoms with Crippen molar-refractivity contribution in [3.05, 3.63) is 0 Å². The Morgan fingerprint density at radius 2 is 1.71 bits per heavy atom. The Kier molecular flexibility index (Phi) is 7.15. The van der Waals surface area contributed by atoms with Gasteiger partial charge in [-0.15, -0.1) is 5.53 Å². The van der Waals surface area contributed by atoms with Crippen LogP contribution in [-0.4, -0.2) is 25.2 Å². The number of rotatable bonds is 8. The van der Waals surface area contributed by atoms with Gasteiger partial charge in [-0.2, -0.15) is 0 Å². The second kappa shape index (κ2) is 7.21. The van der Waals surface area contributed by atoms with E-state index >= 15 is 0 Å². The quantitative estimate of drug-likeness (QED) is 0.208. The summed E-state index contributed by atoms with van der Waals surface area (Å²) < 4.78 is 0.711. The van der Waals surface area contributed by atoms with Crippen LogP contribution in [0.1, 0.15) is 46.0 Å². The van der Waals surface area contributed by atoms with Gasteiger partial charge in [0.1, 0.15) is 0 Å². The molecule has 0 aliphatic heterocycles. The summed E-state index contributed by atoms with van der Waals surface area (Å²) in [6.07, 6.45) is 6.61. The molecule has 86 valence electrons. The first kappa shape index (κ1) is 13.9. The molecule has 0 unspecified atom stereocenters. The minimum absolute atomic E-state index is 0.711. The van der Waals surface area contributed by atoms with E-state index < -0.39 is 0 Å². The standard InChI is InChI=1S/C11H28N3/c1-5-11(6-2)9-7-8-10-14(3,4)13-12/h11,13H,5-10,12H2,1-4H3/q+1/i14+1. The number of hydrogen-bond donors (Lipinski definition) is 2. The largest absolute Gasteiger partial charge is 0.237 e. The molecule has 3 heteroatoms. The van der Waals surface area contributed by atoms with Crippen LogP contribution < -0.4 is 11.4 Å². The van der Waals surface area contributed by atoms with E-state index in [4.69, 9.17) is 5.84 Å². The molecule has 0 aromatic heterocycles. The lowest BCUT2D eigenvalue weighted by Crippen LogP contribution is -2.55. The lowest BCUT2D eigenvalue weighted by atomic mass is 9.97. The Morgan fingerprint density at radius 3 is 2.14 bits per heavy atom. The second-order valence-corrected chi connectivity index (χ2v) is 4.72. The molecule has 0 rings (SSSR count). The van der Waals surface area contributed by atoms with Crippen LogP contribution in [-0.2, 0) is 0 Å². The minimum atomic E-state index is 0.711. The Hall–Kier alpha value is -0.120. The molecule has 0 bridgehead atoms. The Bertz CT molecular complexity index is 130. The first-order valence-corrected chi connectivity index (χ1v) is 5.86. The first-order chi connectivity index (χ1) is 6.55. The fourth-order valence-electron chi connectivity index (χ4n) is 1.70. The molecule has 14 heavy (non-hydrogen) atoms. The Labute approximate surface area is 89.2 Å². The van der Waals surface area contributed by atoms with Crippen LogP contribution in [0.25, 0.3) is 0 Å². The van der Waals surface area contributed by atoms with Gasteiger partial charge in [0, 0.05) is 0 Å². The van der Waals surface area contributed by atoms with Gasteiger partial charge in [-0.05, 0) is 18.8 Å². The van der Waals surface area contributed by atoms with E-state index in [2.05, 4.69) is 33.5 Å². The van der Waals surface area contributed by atoms with E-state index in [9.17, 15) is 0 Å². The monoisotopic (exact) mass is 203 g/mol.